The normalized spacial score (nSPS) is 12.0. The Balaban J connectivity index is 1.78. The summed E-state index contributed by atoms with van der Waals surface area (Å²) >= 11 is 0. The summed E-state index contributed by atoms with van der Waals surface area (Å²) in [6.45, 7) is 4.54. The molecule has 2 aromatic rings. The van der Waals surface area contributed by atoms with Gasteiger partial charge in [0.15, 0.2) is 0 Å². The van der Waals surface area contributed by atoms with E-state index < -0.39 is 10.1 Å². The zero-order valence-electron chi connectivity index (χ0n) is 27.4. The highest BCUT2D eigenvalue weighted by Gasteiger charge is 2.18. The van der Waals surface area contributed by atoms with E-state index in [0.717, 1.165) is 42.0 Å². The minimum atomic E-state index is -4.27. The van der Waals surface area contributed by atoms with E-state index in [2.05, 4.69) is 26.0 Å². The first-order valence-corrected chi connectivity index (χ1v) is 19.4. The van der Waals surface area contributed by atoms with Gasteiger partial charge in [-0.15, -0.1) is 0 Å². The number of rotatable bonds is 27. The van der Waals surface area contributed by atoms with Crippen molar-refractivity contribution in [2.75, 3.05) is 0 Å². The largest absolute Gasteiger partial charge is 0.295 e. The molecule has 0 bridgehead atoms. The first kappa shape index (κ1) is 36.8. The highest BCUT2D eigenvalue weighted by Crippen LogP contribution is 2.31. The maximum Gasteiger partial charge on any atom is 0.295 e. The molecule has 240 valence electrons. The highest BCUT2D eigenvalue weighted by molar-refractivity contribution is 7.86. The topological polar surface area (TPSA) is 54.4 Å². The second kappa shape index (κ2) is 23.1. The van der Waals surface area contributed by atoms with Crippen LogP contribution in [0.4, 0.5) is 0 Å². The van der Waals surface area contributed by atoms with Crippen LogP contribution in [0.25, 0.3) is 10.8 Å². The van der Waals surface area contributed by atoms with Crippen molar-refractivity contribution in [1.82, 2.24) is 0 Å². The van der Waals surface area contributed by atoms with Crippen molar-refractivity contribution in [2.45, 2.75) is 186 Å². The number of hydrogen-bond donors (Lipinski definition) is 1. The van der Waals surface area contributed by atoms with Gasteiger partial charge in [-0.3, -0.25) is 4.55 Å². The van der Waals surface area contributed by atoms with Crippen LogP contribution in [0.15, 0.2) is 35.2 Å². The van der Waals surface area contributed by atoms with Gasteiger partial charge in [0.25, 0.3) is 10.1 Å². The van der Waals surface area contributed by atoms with E-state index in [-0.39, 0.29) is 4.90 Å². The van der Waals surface area contributed by atoms with Gasteiger partial charge in [0.05, 0.1) is 0 Å². The minimum absolute atomic E-state index is 0.0745. The Labute approximate surface area is 260 Å². The maximum absolute atomic E-state index is 12.3. The van der Waals surface area contributed by atoms with Crippen LogP contribution in [0.3, 0.4) is 0 Å². The van der Waals surface area contributed by atoms with Crippen LogP contribution in [-0.4, -0.2) is 13.0 Å². The number of fused-ring (bicyclic) bond motifs is 1. The van der Waals surface area contributed by atoms with E-state index in [9.17, 15) is 13.0 Å². The Morgan fingerprint density at radius 1 is 0.476 bits per heavy atom. The fourth-order valence-electron chi connectivity index (χ4n) is 6.46. The average Bonchev–Trinajstić information content (AvgIpc) is 2.98. The van der Waals surface area contributed by atoms with Crippen LogP contribution in [0, 0.1) is 0 Å². The molecular formula is C38H64O3S. The Kier molecular flexibility index (Phi) is 20.2. The molecule has 1 N–H and O–H groups in total. The molecular weight excluding hydrogens is 536 g/mol. The molecule has 0 fully saturated rings. The molecule has 0 unspecified atom stereocenters. The van der Waals surface area contributed by atoms with Crippen molar-refractivity contribution in [1.29, 1.82) is 0 Å². The first-order chi connectivity index (χ1) is 20.5. The van der Waals surface area contributed by atoms with Gasteiger partial charge in [-0.05, 0) is 48.3 Å². The molecule has 0 spiro atoms. The van der Waals surface area contributed by atoms with E-state index in [4.69, 9.17) is 0 Å². The monoisotopic (exact) mass is 600 g/mol. The summed E-state index contributed by atoms with van der Waals surface area (Å²) in [7, 11) is -4.27. The van der Waals surface area contributed by atoms with Crippen molar-refractivity contribution < 1.29 is 13.0 Å². The highest BCUT2D eigenvalue weighted by atomic mass is 32.2. The predicted octanol–water partition coefficient (Wildman–Crippen LogP) is 12.6. The molecule has 4 heteroatoms. The zero-order chi connectivity index (χ0) is 30.3. The third-order valence-corrected chi connectivity index (χ3v) is 9.95. The van der Waals surface area contributed by atoms with Crippen molar-refractivity contribution in [3.63, 3.8) is 0 Å². The maximum atomic E-state index is 12.3. The van der Waals surface area contributed by atoms with Crippen LogP contribution < -0.4 is 0 Å². The molecule has 0 aliphatic carbocycles. The molecule has 0 aromatic heterocycles. The predicted molar refractivity (Wildman–Crippen MR) is 183 cm³/mol. The number of aryl methyl sites for hydroxylation is 2. The van der Waals surface area contributed by atoms with E-state index in [1.165, 1.54) is 147 Å². The molecule has 0 heterocycles. The number of unbranched alkanes of at least 4 members (excludes halogenated alkanes) is 22. The molecule has 42 heavy (non-hydrogen) atoms. The summed E-state index contributed by atoms with van der Waals surface area (Å²) in [6, 6.07) is 9.74. The smallest absolute Gasteiger partial charge is 0.282 e. The first-order valence-electron chi connectivity index (χ1n) is 18.0. The molecule has 0 radical (unpaired) electrons. The van der Waals surface area contributed by atoms with Gasteiger partial charge in [-0.25, -0.2) is 0 Å². The summed E-state index contributed by atoms with van der Waals surface area (Å²) in [4.78, 5) is 0.0745. The van der Waals surface area contributed by atoms with Gasteiger partial charge < -0.3 is 0 Å². The standard InChI is InChI=1S/C38H64O3S/c1-3-5-7-9-11-13-15-17-19-21-23-25-28-34-32-33-35(38-36(34)30-27-31-37(38)42(39,40)41)29-26-24-22-20-18-16-14-12-10-8-6-4-2/h27,30-33H,3-26,28-29H2,1-2H3,(H,39,40,41). The van der Waals surface area contributed by atoms with Crippen LogP contribution in [-0.2, 0) is 23.0 Å². The van der Waals surface area contributed by atoms with Gasteiger partial charge in [-0.1, -0.05) is 179 Å². The summed E-state index contributed by atoms with van der Waals surface area (Å²) in [5.41, 5.74) is 2.27. The van der Waals surface area contributed by atoms with Gasteiger partial charge in [-0.2, -0.15) is 8.42 Å². The molecule has 0 saturated carbocycles. The third-order valence-electron chi connectivity index (χ3n) is 9.06. The van der Waals surface area contributed by atoms with Gasteiger partial charge in [0, 0.05) is 5.39 Å². The van der Waals surface area contributed by atoms with Crippen LogP contribution in [0.1, 0.15) is 179 Å². The Hall–Kier alpha value is -1.39. The molecule has 0 aliphatic rings. The SMILES string of the molecule is CCCCCCCCCCCCCCc1ccc(CCCCCCCCCCCCCC)c2c(S(=O)(=O)O)cccc12. The summed E-state index contributed by atoms with van der Waals surface area (Å²) in [5.74, 6) is 0. The molecule has 0 amide bonds. The number of benzene rings is 2. The summed E-state index contributed by atoms with van der Waals surface area (Å²) in [6.07, 6.45) is 33.5. The van der Waals surface area contributed by atoms with Crippen LogP contribution in [0.2, 0.25) is 0 Å². The third kappa shape index (κ3) is 15.4. The lowest BCUT2D eigenvalue weighted by Crippen LogP contribution is -2.03. The fraction of sp³-hybridized carbons (Fsp3) is 0.737. The molecule has 0 saturated heterocycles. The second-order valence-electron chi connectivity index (χ2n) is 12.8. The van der Waals surface area contributed by atoms with Crippen LogP contribution >= 0.6 is 0 Å². The van der Waals surface area contributed by atoms with Gasteiger partial charge in [0.1, 0.15) is 4.90 Å². The summed E-state index contributed by atoms with van der Waals surface area (Å²) in [5, 5.41) is 1.75. The lowest BCUT2D eigenvalue weighted by molar-refractivity contribution is 0.484. The van der Waals surface area contributed by atoms with Gasteiger partial charge >= 0.3 is 0 Å². The lowest BCUT2D eigenvalue weighted by atomic mass is 9.93. The van der Waals surface area contributed by atoms with E-state index in [1.54, 1.807) is 12.1 Å². The van der Waals surface area contributed by atoms with Gasteiger partial charge in [0.2, 0.25) is 0 Å². The van der Waals surface area contributed by atoms with Crippen LogP contribution in [0.5, 0.6) is 0 Å². The Morgan fingerprint density at radius 3 is 1.24 bits per heavy atom. The number of hydrogen-bond acceptors (Lipinski definition) is 2. The Morgan fingerprint density at radius 2 is 0.833 bits per heavy atom. The van der Waals surface area contributed by atoms with Crippen molar-refractivity contribution in [3.8, 4) is 0 Å². The molecule has 3 nitrogen and oxygen atoms in total. The quantitative estimate of drug-likeness (QED) is 0.0819. The fourth-order valence-corrected chi connectivity index (χ4v) is 7.21. The molecule has 2 rings (SSSR count). The minimum Gasteiger partial charge on any atom is -0.282 e. The second-order valence-corrected chi connectivity index (χ2v) is 14.2. The van der Waals surface area contributed by atoms with E-state index in [1.807, 2.05) is 6.07 Å². The zero-order valence-corrected chi connectivity index (χ0v) is 28.3. The van der Waals surface area contributed by atoms with Crippen molar-refractivity contribution >= 4 is 20.9 Å². The van der Waals surface area contributed by atoms with Crippen molar-refractivity contribution in [3.05, 3.63) is 41.5 Å². The summed E-state index contributed by atoms with van der Waals surface area (Å²) < 4.78 is 34.7. The van der Waals surface area contributed by atoms with Crippen molar-refractivity contribution in [2.24, 2.45) is 0 Å². The lowest BCUT2D eigenvalue weighted by Gasteiger charge is -2.14. The van der Waals surface area contributed by atoms with E-state index in [0.29, 0.717) is 0 Å². The molecule has 0 atom stereocenters. The molecule has 0 aliphatic heterocycles. The molecule has 2 aromatic carbocycles. The van der Waals surface area contributed by atoms with E-state index >= 15 is 0 Å². The average molecular weight is 601 g/mol. The Bertz CT molecular complexity index is 1060.